The van der Waals surface area contributed by atoms with E-state index in [-0.39, 0.29) is 0 Å². The second-order valence-electron chi connectivity index (χ2n) is 3.81. The van der Waals surface area contributed by atoms with Crippen LogP contribution in [0, 0.1) is 18.3 Å². The molecule has 4 heteroatoms. The number of rotatable bonds is 3. The highest BCUT2D eigenvalue weighted by atomic mass is 32.2. The molecular weight excluding hydrogens is 230 g/mol. The minimum Gasteiger partial charge on any atom is -0.262 e. The van der Waals surface area contributed by atoms with E-state index in [1.807, 2.05) is 42.9 Å². The van der Waals surface area contributed by atoms with Crippen LogP contribution in [0.5, 0.6) is 0 Å². The molecule has 0 aliphatic carbocycles. The van der Waals surface area contributed by atoms with Crippen molar-refractivity contribution in [1.82, 2.24) is 9.78 Å². The van der Waals surface area contributed by atoms with Crippen molar-refractivity contribution in [3.8, 4) is 6.07 Å². The summed E-state index contributed by atoms with van der Waals surface area (Å²) < 4.78 is 1.87. The Bertz CT molecular complexity index is 566. The van der Waals surface area contributed by atoms with E-state index in [1.54, 1.807) is 11.8 Å². The van der Waals surface area contributed by atoms with Crippen molar-refractivity contribution in [3.63, 3.8) is 0 Å². The lowest BCUT2D eigenvalue weighted by Gasteiger charge is -2.03. The van der Waals surface area contributed by atoms with Gasteiger partial charge in [-0.15, -0.1) is 11.8 Å². The van der Waals surface area contributed by atoms with Crippen LogP contribution in [-0.4, -0.2) is 9.78 Å². The van der Waals surface area contributed by atoms with Crippen LogP contribution >= 0.6 is 11.8 Å². The second-order valence-corrected chi connectivity index (χ2v) is 4.80. The Balaban J connectivity index is 2.13. The number of hydrogen-bond donors (Lipinski definition) is 0. The Morgan fingerprint density at radius 2 is 2.18 bits per heavy atom. The number of aryl methyl sites for hydroxylation is 2. The quantitative estimate of drug-likeness (QED) is 0.778. The first kappa shape index (κ1) is 11.7. The van der Waals surface area contributed by atoms with Gasteiger partial charge in [-0.05, 0) is 24.6 Å². The SMILES string of the molecule is Cc1cc(SCc2ccccc2C#N)n(C)n1. The molecule has 0 atom stereocenters. The van der Waals surface area contributed by atoms with Crippen molar-refractivity contribution in [1.29, 1.82) is 5.26 Å². The summed E-state index contributed by atoms with van der Waals surface area (Å²) in [6, 6.07) is 12.0. The highest BCUT2D eigenvalue weighted by molar-refractivity contribution is 7.98. The molecule has 0 radical (unpaired) electrons. The van der Waals surface area contributed by atoms with Crippen molar-refractivity contribution < 1.29 is 0 Å². The molecule has 0 aliphatic rings. The van der Waals surface area contributed by atoms with E-state index in [1.165, 1.54) is 0 Å². The van der Waals surface area contributed by atoms with E-state index >= 15 is 0 Å². The van der Waals surface area contributed by atoms with Gasteiger partial charge in [-0.3, -0.25) is 4.68 Å². The maximum absolute atomic E-state index is 9.00. The average Bonchev–Trinajstić information content (AvgIpc) is 2.65. The van der Waals surface area contributed by atoms with Crippen molar-refractivity contribution in [2.75, 3.05) is 0 Å². The molecule has 0 bridgehead atoms. The van der Waals surface area contributed by atoms with Gasteiger partial charge in [0.2, 0.25) is 0 Å². The molecule has 86 valence electrons. The van der Waals surface area contributed by atoms with E-state index in [2.05, 4.69) is 17.2 Å². The maximum Gasteiger partial charge on any atom is 0.0994 e. The lowest BCUT2D eigenvalue weighted by Crippen LogP contribution is -1.93. The molecule has 0 saturated carbocycles. The maximum atomic E-state index is 9.00. The number of thioether (sulfide) groups is 1. The first-order valence-electron chi connectivity index (χ1n) is 5.32. The molecule has 0 aliphatic heterocycles. The van der Waals surface area contributed by atoms with E-state index < -0.39 is 0 Å². The fraction of sp³-hybridized carbons (Fsp3) is 0.231. The van der Waals surface area contributed by atoms with Crippen molar-refractivity contribution in [3.05, 3.63) is 47.2 Å². The largest absolute Gasteiger partial charge is 0.262 e. The van der Waals surface area contributed by atoms with Crippen molar-refractivity contribution in [2.24, 2.45) is 7.05 Å². The summed E-state index contributed by atoms with van der Waals surface area (Å²) in [7, 11) is 1.94. The standard InChI is InChI=1S/C13H13N3S/c1-10-7-13(16(2)15-10)17-9-12-6-4-3-5-11(12)8-14/h3-7H,9H2,1-2H3. The number of benzene rings is 1. The molecule has 3 nitrogen and oxygen atoms in total. The molecule has 0 saturated heterocycles. The molecule has 0 N–H and O–H groups in total. The summed E-state index contributed by atoms with van der Waals surface area (Å²) in [5.41, 5.74) is 2.83. The summed E-state index contributed by atoms with van der Waals surface area (Å²) in [6.07, 6.45) is 0. The fourth-order valence-electron chi connectivity index (χ4n) is 1.63. The molecule has 17 heavy (non-hydrogen) atoms. The predicted octanol–water partition coefficient (Wildman–Crippen LogP) is 2.89. The van der Waals surface area contributed by atoms with Gasteiger partial charge >= 0.3 is 0 Å². The Morgan fingerprint density at radius 3 is 2.82 bits per heavy atom. The number of hydrogen-bond acceptors (Lipinski definition) is 3. The highest BCUT2D eigenvalue weighted by Crippen LogP contribution is 2.24. The van der Waals surface area contributed by atoms with Gasteiger partial charge in [-0.2, -0.15) is 10.4 Å². The number of nitrogens with zero attached hydrogens (tertiary/aromatic N) is 3. The Morgan fingerprint density at radius 1 is 1.41 bits per heavy atom. The summed E-state index contributed by atoms with van der Waals surface area (Å²) >= 11 is 1.70. The molecular formula is C13H13N3S. The molecule has 1 aromatic carbocycles. The first-order chi connectivity index (χ1) is 8.20. The van der Waals surface area contributed by atoms with Gasteiger partial charge in [-0.25, -0.2) is 0 Å². The topological polar surface area (TPSA) is 41.6 Å². The summed E-state index contributed by atoms with van der Waals surface area (Å²) in [4.78, 5) is 0. The molecule has 0 spiro atoms. The van der Waals surface area contributed by atoms with Gasteiger partial charge < -0.3 is 0 Å². The summed E-state index contributed by atoms with van der Waals surface area (Å²) in [6.45, 7) is 1.98. The fourth-order valence-corrected chi connectivity index (χ4v) is 2.67. The van der Waals surface area contributed by atoms with E-state index in [4.69, 9.17) is 5.26 Å². The van der Waals surface area contributed by atoms with Crippen LogP contribution in [0.2, 0.25) is 0 Å². The van der Waals surface area contributed by atoms with Crippen LogP contribution in [0.15, 0.2) is 35.4 Å². The van der Waals surface area contributed by atoms with Gasteiger partial charge in [0.1, 0.15) is 0 Å². The smallest absolute Gasteiger partial charge is 0.0994 e. The summed E-state index contributed by atoms with van der Waals surface area (Å²) in [5, 5.41) is 14.4. The second kappa shape index (κ2) is 5.07. The minimum atomic E-state index is 0.749. The summed E-state index contributed by atoms with van der Waals surface area (Å²) in [5.74, 6) is 0.794. The van der Waals surface area contributed by atoms with E-state index in [0.717, 1.165) is 27.6 Å². The zero-order valence-electron chi connectivity index (χ0n) is 9.84. The number of aromatic nitrogens is 2. The Kier molecular flexibility index (Phi) is 3.50. The monoisotopic (exact) mass is 243 g/mol. The predicted molar refractivity (Wildman–Crippen MR) is 68.7 cm³/mol. The van der Waals surface area contributed by atoms with E-state index in [0.29, 0.717) is 0 Å². The van der Waals surface area contributed by atoms with E-state index in [9.17, 15) is 0 Å². The Labute approximate surface area is 105 Å². The third-order valence-corrected chi connectivity index (χ3v) is 3.61. The van der Waals surface area contributed by atoms with Crippen LogP contribution in [-0.2, 0) is 12.8 Å². The molecule has 0 fully saturated rings. The molecule has 2 rings (SSSR count). The molecule has 1 aromatic heterocycles. The van der Waals surface area contributed by atoms with Gasteiger partial charge in [0.05, 0.1) is 22.4 Å². The normalized spacial score (nSPS) is 10.2. The van der Waals surface area contributed by atoms with Gasteiger partial charge in [0, 0.05) is 12.8 Å². The van der Waals surface area contributed by atoms with Crippen molar-refractivity contribution in [2.45, 2.75) is 17.7 Å². The molecule has 0 unspecified atom stereocenters. The molecule has 1 heterocycles. The molecule has 0 amide bonds. The van der Waals surface area contributed by atoms with Crippen LogP contribution in [0.4, 0.5) is 0 Å². The highest BCUT2D eigenvalue weighted by Gasteiger charge is 2.05. The van der Waals surface area contributed by atoms with Crippen molar-refractivity contribution >= 4 is 11.8 Å². The van der Waals surface area contributed by atoms with Gasteiger partial charge in [0.15, 0.2) is 0 Å². The average molecular weight is 243 g/mol. The van der Waals surface area contributed by atoms with Crippen LogP contribution < -0.4 is 0 Å². The lowest BCUT2D eigenvalue weighted by molar-refractivity contribution is 0.692. The lowest BCUT2D eigenvalue weighted by atomic mass is 10.1. The number of nitriles is 1. The minimum absolute atomic E-state index is 0.749. The first-order valence-corrected chi connectivity index (χ1v) is 6.30. The van der Waals surface area contributed by atoms with Gasteiger partial charge in [0.25, 0.3) is 0 Å². The zero-order valence-corrected chi connectivity index (χ0v) is 10.7. The molecule has 2 aromatic rings. The third kappa shape index (κ3) is 2.69. The van der Waals surface area contributed by atoms with Crippen LogP contribution in [0.3, 0.4) is 0 Å². The third-order valence-electron chi connectivity index (χ3n) is 2.47. The van der Waals surface area contributed by atoms with Gasteiger partial charge in [-0.1, -0.05) is 18.2 Å². The zero-order chi connectivity index (χ0) is 12.3. The van der Waals surface area contributed by atoms with Crippen LogP contribution in [0.1, 0.15) is 16.8 Å². The van der Waals surface area contributed by atoms with Crippen LogP contribution in [0.25, 0.3) is 0 Å². The Hall–Kier alpha value is -1.73.